The summed E-state index contributed by atoms with van der Waals surface area (Å²) in [6.45, 7) is 11.1. The van der Waals surface area contributed by atoms with Gasteiger partial charge in [-0.1, -0.05) is 41.5 Å². The van der Waals surface area contributed by atoms with Gasteiger partial charge in [0.2, 0.25) is 35.4 Å². The highest BCUT2D eigenvalue weighted by Crippen LogP contribution is 1.97. The number of rotatable bonds is 6. The highest BCUT2D eigenvalue weighted by molar-refractivity contribution is 5.83. The van der Waals surface area contributed by atoms with Gasteiger partial charge in [0.1, 0.15) is 0 Å². The van der Waals surface area contributed by atoms with Gasteiger partial charge >= 0.3 is 0 Å². The quantitative estimate of drug-likeness (QED) is 0.142. The second-order valence-electron chi connectivity index (χ2n) is 11.1. The van der Waals surface area contributed by atoms with E-state index in [1.807, 2.05) is 41.5 Å². The predicted octanol–water partition coefficient (Wildman–Crippen LogP) is -4.17. The van der Waals surface area contributed by atoms with Crippen molar-refractivity contribution in [3.8, 4) is 0 Å². The van der Waals surface area contributed by atoms with Gasteiger partial charge < -0.3 is 0 Å². The third-order valence-electron chi connectivity index (χ3n) is 5.04. The molecule has 0 aromatic heterocycles. The molecule has 0 radical (unpaired) electrons. The summed E-state index contributed by atoms with van der Waals surface area (Å²) in [4.78, 5) is 74.7. The van der Waals surface area contributed by atoms with Crippen molar-refractivity contribution in [3.63, 3.8) is 0 Å². The molecular formula is C24H48N12O6. The second kappa shape index (κ2) is 19.7. The average Bonchev–Trinajstić information content (AvgIpc) is 2.81. The Balaban J connectivity index is 2.98. The van der Waals surface area contributed by atoms with E-state index in [0.717, 1.165) is 0 Å². The number of amides is 6. The Bertz CT molecular complexity index is 748. The summed E-state index contributed by atoms with van der Waals surface area (Å²) in [5, 5.41) is 4.26. The molecule has 18 nitrogen and oxygen atoms in total. The normalized spacial score (nSPS) is 19.9. The first-order valence-corrected chi connectivity index (χ1v) is 13.9. The first-order valence-electron chi connectivity index (χ1n) is 13.9. The van der Waals surface area contributed by atoms with Gasteiger partial charge in [-0.15, -0.1) is 0 Å². The number of hydrogen-bond donors (Lipinski definition) is 9. The summed E-state index contributed by atoms with van der Waals surface area (Å²) in [6.07, 6.45) is 0. The molecule has 0 spiro atoms. The number of carbonyl (C=O) groups is 6. The number of nitrogens with zero attached hydrogens (tertiary/aromatic N) is 3. The summed E-state index contributed by atoms with van der Waals surface area (Å²) < 4.78 is 0. The van der Waals surface area contributed by atoms with Crippen molar-refractivity contribution in [1.82, 2.24) is 63.9 Å². The fourth-order valence-corrected chi connectivity index (χ4v) is 3.73. The third-order valence-corrected chi connectivity index (χ3v) is 5.04. The van der Waals surface area contributed by atoms with Crippen LogP contribution < -0.4 is 48.8 Å². The molecule has 1 aliphatic rings. The van der Waals surface area contributed by atoms with Crippen LogP contribution in [0.5, 0.6) is 0 Å². The van der Waals surface area contributed by atoms with E-state index >= 15 is 0 Å². The van der Waals surface area contributed by atoms with Crippen LogP contribution in [0.3, 0.4) is 0 Å². The molecule has 18 heteroatoms. The van der Waals surface area contributed by atoms with E-state index in [-0.39, 0.29) is 57.0 Å². The van der Waals surface area contributed by atoms with Crippen LogP contribution in [-0.2, 0) is 28.8 Å². The lowest BCUT2D eigenvalue weighted by Gasteiger charge is -2.26. The highest BCUT2D eigenvalue weighted by Gasteiger charge is 2.19. The van der Waals surface area contributed by atoms with Gasteiger partial charge in [0.15, 0.2) is 0 Å². The Hall–Kier alpha value is -3.42. The maximum atomic E-state index is 12.4. The maximum Gasteiger partial charge on any atom is 0.250 e. The lowest BCUT2D eigenvalue weighted by atomic mass is 10.2. The molecule has 1 fully saturated rings. The van der Waals surface area contributed by atoms with E-state index in [0.29, 0.717) is 19.6 Å². The van der Waals surface area contributed by atoms with Crippen LogP contribution in [0.25, 0.3) is 0 Å². The second-order valence-corrected chi connectivity index (χ2v) is 11.1. The van der Waals surface area contributed by atoms with E-state index in [1.54, 1.807) is 0 Å². The predicted molar refractivity (Wildman–Crippen MR) is 152 cm³/mol. The van der Waals surface area contributed by atoms with E-state index < -0.39 is 35.4 Å². The summed E-state index contributed by atoms with van der Waals surface area (Å²) in [5.74, 6) is -2.69. The molecule has 0 unspecified atom stereocenters. The smallest absolute Gasteiger partial charge is 0.250 e. The average molecular weight is 601 g/mol. The largest absolute Gasteiger partial charge is 0.290 e. The Labute approximate surface area is 246 Å². The Kier molecular flexibility index (Phi) is 17.1. The molecule has 42 heavy (non-hydrogen) atoms. The molecule has 1 heterocycles. The standard InChI is InChI=1S/C24H48N12O6/c1-16(2)10-34-13-22(40)28-26-8-20(38)32-36(12-18(5)6)15-24(42)30-27-9-21(39)33-35(11-17(3)4)14-23(41)29-25-7-19(37)31-34/h16-18,25-27H,7-15H2,1-6H3,(H,28,40)(H,29,41)(H,30,42)(H,31,37)(H,32,38)(H,33,39). The van der Waals surface area contributed by atoms with Gasteiger partial charge in [-0.3, -0.25) is 61.3 Å². The van der Waals surface area contributed by atoms with Gasteiger partial charge in [0.25, 0.3) is 0 Å². The minimum absolute atomic E-state index is 0.109. The fourth-order valence-electron chi connectivity index (χ4n) is 3.73. The molecule has 0 aromatic carbocycles. The van der Waals surface area contributed by atoms with Gasteiger partial charge in [-0.05, 0) is 17.8 Å². The first kappa shape index (κ1) is 36.6. The Morgan fingerprint density at radius 2 is 0.690 bits per heavy atom. The van der Waals surface area contributed by atoms with Gasteiger partial charge in [0, 0.05) is 19.6 Å². The van der Waals surface area contributed by atoms with E-state index in [1.165, 1.54) is 15.0 Å². The van der Waals surface area contributed by atoms with E-state index in [2.05, 4.69) is 48.8 Å². The molecule has 0 aliphatic carbocycles. The van der Waals surface area contributed by atoms with Crippen LogP contribution in [0.15, 0.2) is 0 Å². The molecule has 9 N–H and O–H groups in total. The van der Waals surface area contributed by atoms with Crippen molar-refractivity contribution in [2.75, 3.05) is 58.9 Å². The summed E-state index contributed by atoms with van der Waals surface area (Å²) in [7, 11) is 0. The van der Waals surface area contributed by atoms with Gasteiger partial charge in [0.05, 0.1) is 39.3 Å². The van der Waals surface area contributed by atoms with E-state index in [4.69, 9.17) is 0 Å². The van der Waals surface area contributed by atoms with Crippen LogP contribution in [0.1, 0.15) is 41.5 Å². The first-order chi connectivity index (χ1) is 19.7. The molecule has 1 aliphatic heterocycles. The highest BCUT2D eigenvalue weighted by atomic mass is 16.2. The summed E-state index contributed by atoms with van der Waals surface area (Å²) >= 11 is 0. The molecule has 0 bridgehead atoms. The lowest BCUT2D eigenvalue weighted by Crippen LogP contribution is -2.57. The van der Waals surface area contributed by atoms with Crippen molar-refractivity contribution in [1.29, 1.82) is 0 Å². The molecule has 1 rings (SSSR count). The van der Waals surface area contributed by atoms with Crippen LogP contribution in [0.4, 0.5) is 0 Å². The number of hydrogen-bond acceptors (Lipinski definition) is 12. The van der Waals surface area contributed by atoms with Crippen molar-refractivity contribution < 1.29 is 28.8 Å². The maximum absolute atomic E-state index is 12.4. The number of nitrogens with one attached hydrogen (secondary N) is 9. The summed E-state index contributed by atoms with van der Waals surface area (Å²) in [5.41, 5.74) is 22.7. The van der Waals surface area contributed by atoms with Crippen LogP contribution in [0.2, 0.25) is 0 Å². The zero-order valence-corrected chi connectivity index (χ0v) is 25.4. The Morgan fingerprint density at radius 3 is 0.905 bits per heavy atom. The van der Waals surface area contributed by atoms with Crippen molar-refractivity contribution in [3.05, 3.63) is 0 Å². The molecule has 240 valence electrons. The van der Waals surface area contributed by atoms with E-state index in [9.17, 15) is 28.8 Å². The minimum Gasteiger partial charge on any atom is -0.290 e. The molecule has 0 atom stereocenters. The van der Waals surface area contributed by atoms with Crippen molar-refractivity contribution >= 4 is 35.4 Å². The SMILES string of the molecule is CC(C)CN1CC(=O)NNCC(=O)NN(CC(C)C)CC(=O)NNCC(=O)NN(CC(C)C)CC(=O)NNCC(=O)N1. The number of hydrazine groups is 6. The topological polar surface area (TPSA) is 220 Å². The summed E-state index contributed by atoms with van der Waals surface area (Å²) in [6, 6.07) is 0. The van der Waals surface area contributed by atoms with Crippen LogP contribution >= 0.6 is 0 Å². The molecule has 1 saturated heterocycles. The zero-order chi connectivity index (χ0) is 31.7. The Morgan fingerprint density at radius 1 is 0.452 bits per heavy atom. The zero-order valence-electron chi connectivity index (χ0n) is 25.4. The van der Waals surface area contributed by atoms with Crippen molar-refractivity contribution in [2.45, 2.75) is 41.5 Å². The lowest BCUT2D eigenvalue weighted by molar-refractivity contribution is -0.130. The number of carbonyl (C=O) groups excluding carboxylic acids is 6. The molecule has 0 saturated carbocycles. The van der Waals surface area contributed by atoms with Gasteiger partial charge in [-0.25, -0.2) is 31.3 Å². The molecular weight excluding hydrogens is 552 g/mol. The fraction of sp³-hybridized carbons (Fsp3) is 0.750. The third kappa shape index (κ3) is 18.1. The molecule has 0 aromatic rings. The molecule has 6 amide bonds. The minimum atomic E-state index is -0.503. The van der Waals surface area contributed by atoms with Crippen molar-refractivity contribution in [2.24, 2.45) is 17.8 Å². The van der Waals surface area contributed by atoms with Crippen LogP contribution in [-0.4, -0.2) is 109 Å². The van der Waals surface area contributed by atoms with Gasteiger partial charge in [-0.2, -0.15) is 0 Å². The van der Waals surface area contributed by atoms with Crippen LogP contribution in [0, 0.1) is 17.8 Å². The monoisotopic (exact) mass is 600 g/mol.